The minimum atomic E-state index is -0.168. The van der Waals surface area contributed by atoms with Crippen LogP contribution in [0.15, 0.2) is 24.3 Å². The van der Waals surface area contributed by atoms with Crippen molar-refractivity contribution in [3.05, 3.63) is 35.6 Å². The monoisotopic (exact) mass is 265 g/mol. The van der Waals surface area contributed by atoms with Gasteiger partial charge in [0.25, 0.3) is 0 Å². The Morgan fingerprint density at radius 3 is 2.79 bits per heavy atom. The van der Waals surface area contributed by atoms with Crippen molar-refractivity contribution in [3.63, 3.8) is 0 Å². The molecular formula is C16H24FNO. The summed E-state index contributed by atoms with van der Waals surface area (Å²) in [6.45, 7) is 7.30. The molecule has 1 heterocycles. The van der Waals surface area contributed by atoms with Gasteiger partial charge in [0.05, 0.1) is 6.10 Å². The molecular weight excluding hydrogens is 241 g/mol. The summed E-state index contributed by atoms with van der Waals surface area (Å²) in [7, 11) is 0. The number of rotatable bonds is 4. The van der Waals surface area contributed by atoms with E-state index < -0.39 is 0 Å². The van der Waals surface area contributed by atoms with Crippen molar-refractivity contribution in [1.82, 2.24) is 5.32 Å². The second-order valence-electron chi connectivity index (χ2n) is 5.82. The van der Waals surface area contributed by atoms with Gasteiger partial charge in [0.15, 0.2) is 0 Å². The Hall–Kier alpha value is -0.930. The van der Waals surface area contributed by atoms with Crippen LogP contribution in [-0.2, 0) is 4.74 Å². The Labute approximate surface area is 115 Å². The molecule has 0 bridgehead atoms. The summed E-state index contributed by atoms with van der Waals surface area (Å²) in [5, 5.41) is 3.60. The summed E-state index contributed by atoms with van der Waals surface area (Å²) >= 11 is 0. The lowest BCUT2D eigenvalue weighted by molar-refractivity contribution is -0.0257. The molecule has 2 rings (SSSR count). The van der Waals surface area contributed by atoms with E-state index in [2.05, 4.69) is 26.1 Å². The van der Waals surface area contributed by atoms with E-state index in [1.165, 1.54) is 6.07 Å². The number of ether oxygens (including phenoxy) is 1. The van der Waals surface area contributed by atoms with E-state index in [1.54, 1.807) is 12.1 Å². The van der Waals surface area contributed by atoms with Gasteiger partial charge in [-0.25, -0.2) is 4.39 Å². The first kappa shape index (κ1) is 14.5. The third kappa shape index (κ3) is 4.02. The molecule has 1 aromatic rings. The summed E-state index contributed by atoms with van der Waals surface area (Å²) in [6.07, 6.45) is 2.41. The quantitative estimate of drug-likeness (QED) is 0.896. The van der Waals surface area contributed by atoms with Gasteiger partial charge in [-0.2, -0.15) is 0 Å². The molecule has 2 unspecified atom stereocenters. The van der Waals surface area contributed by atoms with Crippen molar-refractivity contribution in [3.8, 4) is 0 Å². The number of halogens is 1. The minimum Gasteiger partial charge on any atom is -0.378 e. The van der Waals surface area contributed by atoms with Gasteiger partial charge in [-0.3, -0.25) is 0 Å². The first-order chi connectivity index (χ1) is 9.06. The van der Waals surface area contributed by atoms with E-state index in [1.807, 2.05) is 6.07 Å². The molecule has 1 aliphatic heterocycles. The smallest absolute Gasteiger partial charge is 0.123 e. The van der Waals surface area contributed by atoms with Crippen LogP contribution in [0.4, 0.5) is 4.39 Å². The van der Waals surface area contributed by atoms with Crippen LogP contribution in [0.2, 0.25) is 0 Å². The van der Waals surface area contributed by atoms with Crippen LogP contribution in [-0.4, -0.2) is 18.8 Å². The Morgan fingerprint density at radius 2 is 2.11 bits per heavy atom. The largest absolute Gasteiger partial charge is 0.378 e. The summed E-state index contributed by atoms with van der Waals surface area (Å²) < 4.78 is 19.0. The molecule has 0 radical (unpaired) electrons. The van der Waals surface area contributed by atoms with Gasteiger partial charge < -0.3 is 10.1 Å². The lowest BCUT2D eigenvalue weighted by Crippen LogP contribution is -2.41. The minimum absolute atomic E-state index is 0.168. The van der Waals surface area contributed by atoms with Crippen molar-refractivity contribution in [2.24, 2.45) is 5.92 Å². The van der Waals surface area contributed by atoms with Crippen molar-refractivity contribution in [2.75, 3.05) is 6.61 Å². The van der Waals surface area contributed by atoms with Crippen LogP contribution < -0.4 is 5.32 Å². The van der Waals surface area contributed by atoms with Gasteiger partial charge in [-0.15, -0.1) is 0 Å². The molecule has 1 aromatic carbocycles. The highest BCUT2D eigenvalue weighted by molar-refractivity contribution is 5.19. The lowest BCUT2D eigenvalue weighted by Gasteiger charge is -2.34. The molecule has 1 aliphatic rings. The van der Waals surface area contributed by atoms with Gasteiger partial charge in [0.2, 0.25) is 0 Å². The van der Waals surface area contributed by atoms with Gasteiger partial charge >= 0.3 is 0 Å². The maximum Gasteiger partial charge on any atom is 0.123 e. The predicted octanol–water partition coefficient (Wildman–Crippen LogP) is 3.68. The topological polar surface area (TPSA) is 21.3 Å². The molecule has 0 saturated carbocycles. The first-order valence-electron chi connectivity index (χ1n) is 7.19. The average Bonchev–Trinajstić information content (AvgIpc) is 2.39. The van der Waals surface area contributed by atoms with E-state index in [0.717, 1.165) is 25.0 Å². The molecule has 1 fully saturated rings. The Morgan fingerprint density at radius 1 is 1.32 bits per heavy atom. The fourth-order valence-corrected chi connectivity index (χ4v) is 2.67. The second-order valence-corrected chi connectivity index (χ2v) is 5.82. The van der Waals surface area contributed by atoms with Crippen LogP contribution in [0.5, 0.6) is 0 Å². The highest BCUT2D eigenvalue weighted by Gasteiger charge is 2.25. The summed E-state index contributed by atoms with van der Waals surface area (Å²) in [5.41, 5.74) is 1.01. The Kier molecular flexibility index (Phi) is 4.94. The van der Waals surface area contributed by atoms with Crippen LogP contribution in [0, 0.1) is 11.7 Å². The molecule has 0 aliphatic carbocycles. The van der Waals surface area contributed by atoms with E-state index >= 15 is 0 Å². The SMILES string of the molecule is CC(C)C1CC(N[C@H](C)c2cccc(F)c2)CCO1. The van der Waals surface area contributed by atoms with Crippen LogP contribution in [0.3, 0.4) is 0 Å². The van der Waals surface area contributed by atoms with E-state index in [-0.39, 0.29) is 11.9 Å². The fraction of sp³-hybridized carbons (Fsp3) is 0.625. The van der Waals surface area contributed by atoms with Gasteiger partial charge in [-0.05, 0) is 43.4 Å². The molecule has 3 heteroatoms. The summed E-state index contributed by atoms with van der Waals surface area (Å²) in [5.74, 6) is 0.382. The van der Waals surface area contributed by atoms with Gasteiger partial charge in [0.1, 0.15) is 5.82 Å². The van der Waals surface area contributed by atoms with E-state index in [0.29, 0.717) is 18.1 Å². The summed E-state index contributed by atoms with van der Waals surface area (Å²) in [4.78, 5) is 0. The zero-order chi connectivity index (χ0) is 13.8. The lowest BCUT2D eigenvalue weighted by atomic mass is 9.94. The molecule has 3 atom stereocenters. The third-order valence-electron chi connectivity index (χ3n) is 3.89. The molecule has 1 N–H and O–H groups in total. The Bertz CT molecular complexity index is 407. The number of hydrogen-bond donors (Lipinski definition) is 1. The number of hydrogen-bond acceptors (Lipinski definition) is 2. The van der Waals surface area contributed by atoms with Crippen LogP contribution >= 0.6 is 0 Å². The van der Waals surface area contributed by atoms with Gasteiger partial charge in [0, 0.05) is 18.7 Å². The molecule has 2 nitrogen and oxygen atoms in total. The van der Waals surface area contributed by atoms with Crippen LogP contribution in [0.1, 0.15) is 45.2 Å². The highest BCUT2D eigenvalue weighted by Crippen LogP contribution is 2.23. The molecule has 0 aromatic heterocycles. The van der Waals surface area contributed by atoms with Gasteiger partial charge in [-0.1, -0.05) is 26.0 Å². The normalized spacial score (nSPS) is 25.5. The number of benzene rings is 1. The van der Waals surface area contributed by atoms with Crippen LogP contribution in [0.25, 0.3) is 0 Å². The van der Waals surface area contributed by atoms with Crippen molar-refractivity contribution in [2.45, 2.75) is 51.8 Å². The standard InChI is InChI=1S/C16H24FNO/c1-11(2)16-10-15(7-8-19-16)18-12(3)13-5-4-6-14(17)9-13/h4-6,9,11-12,15-16,18H,7-8,10H2,1-3H3/t12-,15?,16?/m1/s1. The molecule has 0 spiro atoms. The van der Waals surface area contributed by atoms with E-state index in [4.69, 9.17) is 4.74 Å². The highest BCUT2D eigenvalue weighted by atomic mass is 19.1. The Balaban J connectivity index is 1.93. The third-order valence-corrected chi connectivity index (χ3v) is 3.89. The molecule has 106 valence electrons. The molecule has 1 saturated heterocycles. The number of nitrogens with one attached hydrogen (secondary N) is 1. The van der Waals surface area contributed by atoms with Crippen molar-refractivity contribution >= 4 is 0 Å². The zero-order valence-corrected chi connectivity index (χ0v) is 12.0. The van der Waals surface area contributed by atoms with E-state index in [9.17, 15) is 4.39 Å². The first-order valence-corrected chi connectivity index (χ1v) is 7.19. The predicted molar refractivity (Wildman–Crippen MR) is 75.6 cm³/mol. The van der Waals surface area contributed by atoms with Crippen molar-refractivity contribution < 1.29 is 9.13 Å². The average molecular weight is 265 g/mol. The summed E-state index contributed by atoms with van der Waals surface area (Å²) in [6, 6.07) is 7.46. The maximum atomic E-state index is 13.2. The zero-order valence-electron chi connectivity index (χ0n) is 12.0. The fourth-order valence-electron chi connectivity index (χ4n) is 2.67. The molecule has 0 amide bonds. The second kappa shape index (κ2) is 6.49. The van der Waals surface area contributed by atoms with Crippen molar-refractivity contribution in [1.29, 1.82) is 0 Å². The molecule has 19 heavy (non-hydrogen) atoms. The maximum absolute atomic E-state index is 13.2.